The summed E-state index contributed by atoms with van der Waals surface area (Å²) in [7, 11) is 0. The van der Waals surface area contributed by atoms with Crippen LogP contribution in [-0.4, -0.2) is 16.3 Å². The monoisotopic (exact) mass is 309 g/mol. The zero-order valence-corrected chi connectivity index (χ0v) is 13.2. The van der Waals surface area contributed by atoms with Crippen LogP contribution in [0.5, 0.6) is 11.5 Å². The summed E-state index contributed by atoms with van der Waals surface area (Å²) < 4.78 is 13.0. The Labute approximate surface area is 134 Å². The molecule has 5 nitrogen and oxygen atoms in total. The van der Waals surface area contributed by atoms with Gasteiger partial charge < -0.3 is 19.4 Å². The summed E-state index contributed by atoms with van der Waals surface area (Å²) in [5, 5.41) is 3.45. The van der Waals surface area contributed by atoms with E-state index in [1.807, 2.05) is 36.4 Å². The SMILES string of the molecule is CC(C)n1c(NCc2ccc3c(c2)OCO3)nc2ccccc21. The maximum atomic E-state index is 5.43. The topological polar surface area (TPSA) is 48.3 Å². The number of anilines is 1. The molecule has 0 unspecified atom stereocenters. The first kappa shape index (κ1) is 13.9. The first-order valence-corrected chi connectivity index (χ1v) is 7.82. The minimum atomic E-state index is 0.301. The van der Waals surface area contributed by atoms with E-state index in [1.54, 1.807) is 0 Å². The van der Waals surface area contributed by atoms with Crippen molar-refractivity contribution in [3.63, 3.8) is 0 Å². The van der Waals surface area contributed by atoms with E-state index in [2.05, 4.69) is 29.8 Å². The second-order valence-corrected chi connectivity index (χ2v) is 5.93. The molecule has 3 aromatic rings. The van der Waals surface area contributed by atoms with E-state index < -0.39 is 0 Å². The van der Waals surface area contributed by atoms with Gasteiger partial charge in [0, 0.05) is 12.6 Å². The molecule has 1 aliphatic heterocycles. The van der Waals surface area contributed by atoms with Gasteiger partial charge in [-0.1, -0.05) is 18.2 Å². The molecule has 0 fully saturated rings. The fourth-order valence-electron chi connectivity index (χ4n) is 2.92. The number of para-hydroxylation sites is 2. The van der Waals surface area contributed by atoms with Gasteiger partial charge in [-0.3, -0.25) is 0 Å². The van der Waals surface area contributed by atoms with Crippen LogP contribution >= 0.6 is 0 Å². The van der Waals surface area contributed by atoms with Gasteiger partial charge in [0.1, 0.15) is 0 Å². The molecule has 0 bridgehead atoms. The van der Waals surface area contributed by atoms with Gasteiger partial charge in [-0.25, -0.2) is 4.98 Å². The predicted octanol–water partition coefficient (Wildman–Crippen LogP) is 3.96. The summed E-state index contributed by atoms with van der Waals surface area (Å²) >= 11 is 0. The number of ether oxygens (including phenoxy) is 2. The lowest BCUT2D eigenvalue weighted by Gasteiger charge is -2.14. The molecule has 1 aromatic heterocycles. The number of fused-ring (bicyclic) bond motifs is 2. The number of imidazole rings is 1. The van der Waals surface area contributed by atoms with Crippen LogP contribution in [0.25, 0.3) is 11.0 Å². The van der Waals surface area contributed by atoms with Crippen molar-refractivity contribution in [1.29, 1.82) is 0 Å². The first-order valence-electron chi connectivity index (χ1n) is 7.82. The summed E-state index contributed by atoms with van der Waals surface area (Å²) in [6.45, 7) is 5.32. The summed E-state index contributed by atoms with van der Waals surface area (Å²) in [5.74, 6) is 2.50. The van der Waals surface area contributed by atoms with E-state index in [9.17, 15) is 0 Å². The molecule has 0 spiro atoms. The molecular formula is C18H19N3O2. The maximum absolute atomic E-state index is 5.43. The van der Waals surface area contributed by atoms with Crippen LogP contribution in [0.1, 0.15) is 25.5 Å². The highest BCUT2D eigenvalue weighted by Crippen LogP contribution is 2.33. The zero-order chi connectivity index (χ0) is 15.8. The third kappa shape index (κ3) is 2.48. The molecule has 0 saturated heterocycles. The Morgan fingerprint density at radius 1 is 1.13 bits per heavy atom. The van der Waals surface area contributed by atoms with Crippen molar-refractivity contribution in [3.05, 3.63) is 48.0 Å². The van der Waals surface area contributed by atoms with Crippen LogP contribution in [-0.2, 0) is 6.54 Å². The Balaban J connectivity index is 1.61. The van der Waals surface area contributed by atoms with Crippen molar-refractivity contribution in [2.45, 2.75) is 26.4 Å². The van der Waals surface area contributed by atoms with Gasteiger partial charge in [0.15, 0.2) is 11.5 Å². The Bertz CT molecular complexity index is 855. The van der Waals surface area contributed by atoms with Gasteiger partial charge in [0.2, 0.25) is 12.7 Å². The molecule has 5 heteroatoms. The molecule has 1 aliphatic rings. The van der Waals surface area contributed by atoms with Gasteiger partial charge >= 0.3 is 0 Å². The normalized spacial score (nSPS) is 13.0. The van der Waals surface area contributed by atoms with Gasteiger partial charge in [0.05, 0.1) is 11.0 Å². The fraction of sp³-hybridized carbons (Fsp3) is 0.278. The van der Waals surface area contributed by atoms with E-state index in [4.69, 9.17) is 14.5 Å². The van der Waals surface area contributed by atoms with Crippen LogP contribution in [0.4, 0.5) is 5.95 Å². The minimum Gasteiger partial charge on any atom is -0.454 e. The average molecular weight is 309 g/mol. The highest BCUT2D eigenvalue weighted by Gasteiger charge is 2.15. The largest absolute Gasteiger partial charge is 0.454 e. The Morgan fingerprint density at radius 3 is 2.83 bits per heavy atom. The Kier molecular flexibility index (Phi) is 3.33. The number of rotatable bonds is 4. The Hall–Kier alpha value is -2.69. The number of nitrogens with one attached hydrogen (secondary N) is 1. The molecule has 0 aliphatic carbocycles. The standard InChI is InChI=1S/C18H19N3O2/c1-12(2)21-15-6-4-3-5-14(15)20-18(21)19-10-13-7-8-16-17(9-13)23-11-22-16/h3-9,12H,10-11H2,1-2H3,(H,19,20). The van der Waals surface area contributed by atoms with E-state index >= 15 is 0 Å². The molecule has 23 heavy (non-hydrogen) atoms. The number of hydrogen-bond acceptors (Lipinski definition) is 4. The van der Waals surface area contributed by atoms with Crippen molar-refractivity contribution in [1.82, 2.24) is 9.55 Å². The molecule has 1 N–H and O–H groups in total. The number of nitrogens with zero attached hydrogens (tertiary/aromatic N) is 2. The zero-order valence-electron chi connectivity index (χ0n) is 13.2. The van der Waals surface area contributed by atoms with Gasteiger partial charge in [0.25, 0.3) is 0 Å². The van der Waals surface area contributed by atoms with Crippen molar-refractivity contribution in [3.8, 4) is 11.5 Å². The van der Waals surface area contributed by atoms with Crippen LogP contribution < -0.4 is 14.8 Å². The quantitative estimate of drug-likeness (QED) is 0.792. The van der Waals surface area contributed by atoms with Gasteiger partial charge in [-0.15, -0.1) is 0 Å². The number of benzene rings is 2. The summed E-state index contributed by atoms with van der Waals surface area (Å²) in [4.78, 5) is 4.72. The van der Waals surface area contributed by atoms with Crippen molar-refractivity contribution < 1.29 is 9.47 Å². The van der Waals surface area contributed by atoms with E-state index in [1.165, 1.54) is 0 Å². The second kappa shape index (κ2) is 5.50. The molecule has 0 amide bonds. The smallest absolute Gasteiger partial charge is 0.231 e. The lowest BCUT2D eigenvalue weighted by molar-refractivity contribution is 0.174. The third-order valence-electron chi connectivity index (χ3n) is 4.00. The van der Waals surface area contributed by atoms with Crippen LogP contribution in [0.3, 0.4) is 0 Å². The molecule has 4 rings (SSSR count). The van der Waals surface area contributed by atoms with Crippen molar-refractivity contribution in [2.24, 2.45) is 0 Å². The second-order valence-electron chi connectivity index (χ2n) is 5.93. The molecule has 2 heterocycles. The number of hydrogen-bond donors (Lipinski definition) is 1. The maximum Gasteiger partial charge on any atom is 0.231 e. The van der Waals surface area contributed by atoms with Crippen LogP contribution in [0.2, 0.25) is 0 Å². The highest BCUT2D eigenvalue weighted by molar-refractivity contribution is 5.78. The van der Waals surface area contributed by atoms with Crippen LogP contribution in [0, 0.1) is 0 Å². The minimum absolute atomic E-state index is 0.301. The van der Waals surface area contributed by atoms with Gasteiger partial charge in [-0.05, 0) is 43.7 Å². The van der Waals surface area contributed by atoms with E-state index in [-0.39, 0.29) is 0 Å². The number of aromatic nitrogens is 2. The predicted molar refractivity (Wildman–Crippen MR) is 90.0 cm³/mol. The van der Waals surface area contributed by atoms with Gasteiger partial charge in [-0.2, -0.15) is 0 Å². The van der Waals surface area contributed by atoms with E-state index in [0.29, 0.717) is 19.4 Å². The molecule has 0 atom stereocenters. The summed E-state index contributed by atoms with van der Waals surface area (Å²) in [5.41, 5.74) is 3.29. The molecule has 118 valence electrons. The average Bonchev–Trinajstić information content (AvgIpc) is 3.16. The molecule has 0 radical (unpaired) electrons. The molecular weight excluding hydrogens is 290 g/mol. The molecule has 2 aromatic carbocycles. The highest BCUT2D eigenvalue weighted by atomic mass is 16.7. The third-order valence-corrected chi connectivity index (χ3v) is 4.00. The summed E-state index contributed by atoms with van der Waals surface area (Å²) in [6, 6.07) is 14.5. The van der Waals surface area contributed by atoms with E-state index in [0.717, 1.165) is 34.0 Å². The Morgan fingerprint density at radius 2 is 1.96 bits per heavy atom. The molecule has 0 saturated carbocycles. The lowest BCUT2D eigenvalue weighted by atomic mass is 10.2. The summed E-state index contributed by atoms with van der Waals surface area (Å²) in [6.07, 6.45) is 0. The van der Waals surface area contributed by atoms with Crippen molar-refractivity contribution in [2.75, 3.05) is 12.1 Å². The first-order chi connectivity index (χ1) is 11.2. The van der Waals surface area contributed by atoms with Crippen LogP contribution in [0.15, 0.2) is 42.5 Å². The lowest BCUT2D eigenvalue weighted by Crippen LogP contribution is -2.09. The van der Waals surface area contributed by atoms with Crippen molar-refractivity contribution >= 4 is 17.0 Å². The fourth-order valence-corrected chi connectivity index (χ4v) is 2.92.